The zero-order valence-electron chi connectivity index (χ0n) is 14.5. The van der Waals surface area contributed by atoms with E-state index in [4.69, 9.17) is 5.11 Å². The van der Waals surface area contributed by atoms with E-state index in [2.05, 4.69) is 20.5 Å². The van der Waals surface area contributed by atoms with Gasteiger partial charge in [0.05, 0.1) is 12.2 Å². The third-order valence-electron chi connectivity index (χ3n) is 3.70. The van der Waals surface area contributed by atoms with Gasteiger partial charge in [0, 0.05) is 5.56 Å². The van der Waals surface area contributed by atoms with Gasteiger partial charge in [-0.05, 0) is 45.5 Å². The summed E-state index contributed by atoms with van der Waals surface area (Å²) in [4.78, 5) is 29.0. The van der Waals surface area contributed by atoms with Crippen LogP contribution >= 0.6 is 12.4 Å². The van der Waals surface area contributed by atoms with Crippen LogP contribution in [0.3, 0.4) is 0 Å². The second-order valence-electron chi connectivity index (χ2n) is 5.77. The van der Waals surface area contributed by atoms with Gasteiger partial charge in [-0.15, -0.1) is 12.4 Å². The van der Waals surface area contributed by atoms with Gasteiger partial charge >= 0.3 is 5.97 Å². The number of halogens is 1. The number of hydrogen-bond donors (Lipinski definition) is 3. The molecule has 9 heteroatoms. The summed E-state index contributed by atoms with van der Waals surface area (Å²) in [5, 5.41) is 18.7. The molecule has 25 heavy (non-hydrogen) atoms. The van der Waals surface area contributed by atoms with E-state index in [1.54, 1.807) is 14.0 Å². The molecule has 1 aromatic carbocycles. The summed E-state index contributed by atoms with van der Waals surface area (Å²) >= 11 is 0. The van der Waals surface area contributed by atoms with Gasteiger partial charge in [-0.2, -0.15) is 5.10 Å². The number of carboxylic acids is 1. The Kier molecular flexibility index (Phi) is 7.08. The first-order valence-electron chi connectivity index (χ1n) is 7.51. The molecule has 0 bridgehead atoms. The van der Waals surface area contributed by atoms with Gasteiger partial charge in [-0.3, -0.25) is 19.6 Å². The zero-order valence-corrected chi connectivity index (χ0v) is 15.3. The molecule has 0 aliphatic heterocycles. The molecular formula is C16H22ClN5O3. The molecule has 2 aromatic rings. The Hall–Kier alpha value is -2.45. The third-order valence-corrected chi connectivity index (χ3v) is 3.70. The van der Waals surface area contributed by atoms with Crippen molar-refractivity contribution in [1.82, 2.24) is 20.1 Å². The van der Waals surface area contributed by atoms with Crippen LogP contribution in [0.25, 0.3) is 11.4 Å². The molecule has 3 N–H and O–H groups in total. The number of likely N-dealkylation sites (N-methyl/N-ethyl adjacent to an activating group) is 1. The number of carbonyl (C=O) groups excluding carboxylic acids is 1. The number of anilines is 1. The minimum absolute atomic E-state index is 0. The molecule has 8 nitrogen and oxygen atoms in total. The van der Waals surface area contributed by atoms with Gasteiger partial charge < -0.3 is 10.4 Å². The summed E-state index contributed by atoms with van der Waals surface area (Å²) in [6.07, 6.45) is 0. The Morgan fingerprint density at radius 2 is 2.04 bits per heavy atom. The highest BCUT2D eigenvalue weighted by atomic mass is 35.5. The lowest BCUT2D eigenvalue weighted by atomic mass is 10.1. The van der Waals surface area contributed by atoms with Gasteiger partial charge in [-0.1, -0.05) is 6.07 Å². The first kappa shape index (κ1) is 20.6. The fraction of sp³-hybridized carbons (Fsp3) is 0.375. The van der Waals surface area contributed by atoms with Crippen LogP contribution in [0.5, 0.6) is 0 Å². The minimum Gasteiger partial charge on any atom is -0.480 e. The monoisotopic (exact) mass is 367 g/mol. The maximum Gasteiger partial charge on any atom is 0.320 e. The van der Waals surface area contributed by atoms with Crippen molar-refractivity contribution in [3.63, 3.8) is 0 Å². The molecule has 1 unspecified atom stereocenters. The predicted octanol–water partition coefficient (Wildman–Crippen LogP) is 1.85. The van der Waals surface area contributed by atoms with Crippen molar-refractivity contribution in [3.8, 4) is 11.4 Å². The van der Waals surface area contributed by atoms with E-state index >= 15 is 0 Å². The number of H-pyrrole nitrogens is 1. The number of amides is 1. The summed E-state index contributed by atoms with van der Waals surface area (Å²) in [7, 11) is 1.59. The second-order valence-corrected chi connectivity index (χ2v) is 5.77. The van der Waals surface area contributed by atoms with Crippen LogP contribution in [0.1, 0.15) is 18.3 Å². The summed E-state index contributed by atoms with van der Waals surface area (Å²) in [5.41, 5.74) is 2.27. The fourth-order valence-corrected chi connectivity index (χ4v) is 2.16. The first-order chi connectivity index (χ1) is 11.3. The molecule has 136 valence electrons. The van der Waals surface area contributed by atoms with E-state index < -0.39 is 12.0 Å². The van der Waals surface area contributed by atoms with Gasteiger partial charge in [0.25, 0.3) is 0 Å². The molecule has 1 aromatic heterocycles. The van der Waals surface area contributed by atoms with Crippen molar-refractivity contribution >= 4 is 30.0 Å². The number of aryl methyl sites for hydroxylation is 2. The maximum absolute atomic E-state index is 12.3. The normalized spacial score (nSPS) is 11.7. The Morgan fingerprint density at radius 1 is 1.36 bits per heavy atom. The Labute approximate surface area is 152 Å². The Morgan fingerprint density at radius 3 is 2.60 bits per heavy atom. The van der Waals surface area contributed by atoms with Crippen LogP contribution in [-0.4, -0.2) is 56.7 Å². The highest BCUT2D eigenvalue weighted by Crippen LogP contribution is 2.26. The number of hydrogen-bond acceptors (Lipinski definition) is 5. The highest BCUT2D eigenvalue weighted by molar-refractivity contribution is 5.96. The van der Waals surface area contributed by atoms with Crippen LogP contribution < -0.4 is 5.32 Å². The number of carboxylic acid groups (broad SMARTS) is 1. The molecular weight excluding hydrogens is 346 g/mol. The lowest BCUT2D eigenvalue weighted by Crippen LogP contribution is -2.40. The van der Waals surface area contributed by atoms with Crippen molar-refractivity contribution in [2.45, 2.75) is 26.8 Å². The van der Waals surface area contributed by atoms with E-state index in [1.807, 2.05) is 25.1 Å². The molecule has 1 amide bonds. The van der Waals surface area contributed by atoms with Gasteiger partial charge in [0.1, 0.15) is 11.9 Å². The molecule has 0 saturated heterocycles. The average molecular weight is 368 g/mol. The Balaban J connectivity index is 0.00000312. The molecule has 0 fully saturated rings. The number of nitrogens with one attached hydrogen (secondary N) is 2. The molecule has 0 saturated carbocycles. The summed E-state index contributed by atoms with van der Waals surface area (Å²) in [5.74, 6) is -0.102. The van der Waals surface area contributed by atoms with Gasteiger partial charge in [0.2, 0.25) is 5.91 Å². The lowest BCUT2D eigenvalue weighted by Gasteiger charge is -2.20. The maximum atomic E-state index is 12.3. The summed E-state index contributed by atoms with van der Waals surface area (Å²) < 4.78 is 0. The summed E-state index contributed by atoms with van der Waals surface area (Å²) in [6.45, 7) is 5.21. The van der Waals surface area contributed by atoms with Crippen molar-refractivity contribution in [1.29, 1.82) is 0 Å². The molecule has 1 atom stereocenters. The number of nitrogens with zero attached hydrogens (tertiary/aromatic N) is 3. The number of rotatable bonds is 6. The van der Waals surface area contributed by atoms with E-state index in [0.29, 0.717) is 22.9 Å². The quantitative estimate of drug-likeness (QED) is 0.718. The largest absolute Gasteiger partial charge is 0.480 e. The molecule has 0 aliphatic carbocycles. The number of aromatic nitrogens is 3. The number of aliphatic carboxylic acids is 1. The zero-order chi connectivity index (χ0) is 17.9. The van der Waals surface area contributed by atoms with Crippen molar-refractivity contribution in [2.24, 2.45) is 0 Å². The van der Waals surface area contributed by atoms with E-state index in [9.17, 15) is 9.59 Å². The van der Waals surface area contributed by atoms with E-state index in [0.717, 1.165) is 5.56 Å². The van der Waals surface area contributed by atoms with Gasteiger partial charge in [0.15, 0.2) is 5.82 Å². The standard InChI is InChI=1S/C16H21N5O3.ClH/c1-9-5-6-12(15-17-11(3)19-20-15)13(7-9)18-14(22)8-21(4)10(2)16(23)24;/h5-7,10H,8H2,1-4H3,(H,18,22)(H,23,24)(H,17,19,20);1H. The smallest absolute Gasteiger partial charge is 0.320 e. The molecule has 0 aliphatic rings. The van der Waals surface area contributed by atoms with Crippen LogP contribution in [0.4, 0.5) is 5.69 Å². The van der Waals surface area contributed by atoms with E-state index in [1.165, 1.54) is 11.8 Å². The topological polar surface area (TPSA) is 111 Å². The lowest BCUT2D eigenvalue weighted by molar-refractivity contribution is -0.142. The fourth-order valence-electron chi connectivity index (χ4n) is 2.16. The van der Waals surface area contributed by atoms with Crippen LogP contribution in [0, 0.1) is 13.8 Å². The average Bonchev–Trinajstić information content (AvgIpc) is 2.92. The van der Waals surface area contributed by atoms with Crippen molar-refractivity contribution < 1.29 is 14.7 Å². The van der Waals surface area contributed by atoms with Crippen molar-refractivity contribution in [3.05, 3.63) is 29.6 Å². The van der Waals surface area contributed by atoms with Crippen LogP contribution in [0.2, 0.25) is 0 Å². The number of benzene rings is 1. The van der Waals surface area contributed by atoms with Crippen molar-refractivity contribution in [2.75, 3.05) is 18.9 Å². The number of carbonyl (C=O) groups is 2. The van der Waals surface area contributed by atoms with Crippen LogP contribution in [-0.2, 0) is 9.59 Å². The number of aromatic amines is 1. The molecule has 2 rings (SSSR count). The highest BCUT2D eigenvalue weighted by Gasteiger charge is 2.20. The minimum atomic E-state index is -0.974. The molecule has 1 heterocycles. The molecule has 0 radical (unpaired) electrons. The van der Waals surface area contributed by atoms with Crippen LogP contribution in [0.15, 0.2) is 18.2 Å². The molecule has 0 spiro atoms. The van der Waals surface area contributed by atoms with E-state index in [-0.39, 0.29) is 24.9 Å². The summed E-state index contributed by atoms with van der Waals surface area (Å²) in [6, 6.07) is 4.84. The third kappa shape index (κ3) is 5.27. The predicted molar refractivity (Wildman–Crippen MR) is 96.9 cm³/mol. The van der Waals surface area contributed by atoms with Gasteiger partial charge in [-0.25, -0.2) is 4.98 Å². The first-order valence-corrected chi connectivity index (χ1v) is 7.51. The Bertz CT molecular complexity index is 762. The second kappa shape index (κ2) is 8.59. The SMILES string of the molecule is Cc1ccc(-c2n[nH]c(C)n2)c(NC(=O)CN(C)C(C)C(=O)O)c1.Cl.